The number of carbonyl (C=O) groups is 1. The molecule has 0 saturated carbocycles. The lowest BCUT2D eigenvalue weighted by Crippen LogP contribution is -2.01. The molecule has 3 N–H and O–H groups in total. The summed E-state index contributed by atoms with van der Waals surface area (Å²) in [7, 11) is 0. The average molecular weight is 255 g/mol. The molecular weight excluding hydrogens is 246 g/mol. The number of Topliss-reactive ketones (excluding diaryl/α,β-unsaturated/α-hetero) is 1. The second-order valence-electron chi connectivity index (χ2n) is 3.75. The monoisotopic (exact) mass is 255 g/mol. The Morgan fingerprint density at radius 2 is 2.21 bits per heavy atom. The number of H-pyrrole nitrogens is 1. The molecule has 1 aromatic carbocycles. The van der Waals surface area contributed by atoms with Crippen molar-refractivity contribution in [2.75, 3.05) is 5.73 Å². The summed E-state index contributed by atoms with van der Waals surface area (Å²) in [5.74, 6) is -0.870. The summed E-state index contributed by atoms with van der Waals surface area (Å²) >= 11 is 0. The Bertz CT molecular complexity index is 747. The fraction of sp³-hybridized carbons (Fsp3) is 0. The number of hydrogen-bond donors (Lipinski definition) is 2. The Morgan fingerprint density at radius 3 is 2.79 bits per heavy atom. The van der Waals surface area contributed by atoms with Crippen LogP contribution in [-0.4, -0.2) is 10.9 Å². The number of anilines is 1. The standard InChI is InChI=1S/C13H9N3O3/c14-7-9(4-8-2-1-3-10(15)5-8)13(18)11-6-12(17)16-19-11/h1-6H,15H2,(H,16,17)/b9-4+. The van der Waals surface area contributed by atoms with Gasteiger partial charge in [-0.25, -0.2) is 0 Å². The van der Waals surface area contributed by atoms with Crippen molar-refractivity contribution in [1.29, 1.82) is 5.26 Å². The lowest BCUT2D eigenvalue weighted by Gasteiger charge is -1.97. The van der Waals surface area contributed by atoms with Crippen LogP contribution in [0.25, 0.3) is 6.08 Å². The van der Waals surface area contributed by atoms with Gasteiger partial charge in [0.25, 0.3) is 5.56 Å². The summed E-state index contributed by atoms with van der Waals surface area (Å²) < 4.78 is 4.67. The topological polar surface area (TPSA) is 113 Å². The van der Waals surface area contributed by atoms with E-state index in [0.717, 1.165) is 6.07 Å². The lowest BCUT2D eigenvalue weighted by atomic mass is 10.1. The van der Waals surface area contributed by atoms with E-state index in [1.807, 2.05) is 5.16 Å². The highest BCUT2D eigenvalue weighted by Gasteiger charge is 2.16. The zero-order chi connectivity index (χ0) is 13.8. The average Bonchev–Trinajstić information content (AvgIpc) is 2.82. The third-order valence-electron chi connectivity index (χ3n) is 2.33. The Morgan fingerprint density at radius 1 is 1.42 bits per heavy atom. The number of nitrogens with two attached hydrogens (primary N) is 1. The summed E-state index contributed by atoms with van der Waals surface area (Å²) in [6.45, 7) is 0. The number of allylic oxidation sites excluding steroid dienone is 1. The van der Waals surface area contributed by atoms with Crippen LogP contribution in [0.15, 0.2) is 45.2 Å². The number of ketones is 1. The van der Waals surface area contributed by atoms with Gasteiger partial charge in [-0.3, -0.25) is 9.59 Å². The van der Waals surface area contributed by atoms with E-state index in [4.69, 9.17) is 11.0 Å². The highest BCUT2D eigenvalue weighted by atomic mass is 16.5. The minimum absolute atomic E-state index is 0.145. The minimum Gasteiger partial charge on any atom is -0.399 e. The van der Waals surface area contributed by atoms with E-state index in [0.29, 0.717) is 11.3 Å². The molecule has 0 spiro atoms. The van der Waals surface area contributed by atoms with Gasteiger partial charge in [0.15, 0.2) is 0 Å². The van der Waals surface area contributed by atoms with Gasteiger partial charge in [0.1, 0.15) is 11.6 Å². The van der Waals surface area contributed by atoms with Crippen LogP contribution < -0.4 is 11.3 Å². The fourth-order valence-corrected chi connectivity index (χ4v) is 1.49. The molecule has 1 aromatic heterocycles. The molecule has 0 amide bonds. The predicted octanol–water partition coefficient (Wildman–Crippen LogP) is 1.34. The van der Waals surface area contributed by atoms with E-state index < -0.39 is 11.3 Å². The number of carbonyl (C=O) groups excluding carboxylic acids is 1. The summed E-state index contributed by atoms with van der Waals surface area (Å²) in [5, 5.41) is 11.0. The van der Waals surface area contributed by atoms with E-state index in [2.05, 4.69) is 4.52 Å². The molecule has 94 valence electrons. The minimum atomic E-state index is -0.664. The molecule has 2 rings (SSSR count). The van der Waals surface area contributed by atoms with Gasteiger partial charge in [0, 0.05) is 5.69 Å². The molecule has 0 radical (unpaired) electrons. The van der Waals surface area contributed by atoms with Gasteiger partial charge in [-0.05, 0) is 23.8 Å². The first-order valence-corrected chi connectivity index (χ1v) is 5.30. The molecule has 0 aliphatic carbocycles. The molecule has 1 heterocycles. The third-order valence-corrected chi connectivity index (χ3v) is 2.33. The molecule has 0 bridgehead atoms. The molecule has 6 heteroatoms. The van der Waals surface area contributed by atoms with Crippen molar-refractivity contribution in [3.05, 3.63) is 57.6 Å². The van der Waals surface area contributed by atoms with Crippen LogP contribution in [0.4, 0.5) is 5.69 Å². The number of hydrogen-bond acceptors (Lipinski definition) is 5. The lowest BCUT2D eigenvalue weighted by molar-refractivity contribution is 0.100. The molecule has 0 atom stereocenters. The Labute approximate surface area is 107 Å². The number of aromatic nitrogens is 1. The van der Waals surface area contributed by atoms with Crippen molar-refractivity contribution in [1.82, 2.24) is 5.16 Å². The van der Waals surface area contributed by atoms with Crippen molar-refractivity contribution in [3.8, 4) is 6.07 Å². The van der Waals surface area contributed by atoms with Crippen LogP contribution in [0.1, 0.15) is 16.1 Å². The second kappa shape index (κ2) is 5.06. The number of rotatable bonds is 3. The number of nitriles is 1. The van der Waals surface area contributed by atoms with Crippen molar-refractivity contribution < 1.29 is 9.32 Å². The maximum Gasteiger partial charge on any atom is 0.280 e. The number of nitrogens with one attached hydrogen (secondary N) is 1. The molecule has 0 aliphatic heterocycles. The normalized spacial score (nSPS) is 11.0. The van der Waals surface area contributed by atoms with Gasteiger partial charge in [-0.15, -0.1) is 0 Å². The molecule has 0 aliphatic rings. The summed E-state index contributed by atoms with van der Waals surface area (Å²) in [5.41, 5.74) is 6.06. The van der Waals surface area contributed by atoms with E-state index in [-0.39, 0.29) is 11.3 Å². The van der Waals surface area contributed by atoms with Crippen LogP contribution in [0.5, 0.6) is 0 Å². The van der Waals surface area contributed by atoms with Gasteiger partial charge in [-0.1, -0.05) is 12.1 Å². The molecule has 2 aromatic rings. The molecule has 6 nitrogen and oxygen atoms in total. The maximum absolute atomic E-state index is 11.9. The summed E-state index contributed by atoms with van der Waals surface area (Å²) in [6.07, 6.45) is 1.38. The Kier molecular flexibility index (Phi) is 3.30. The Hall–Kier alpha value is -3.07. The number of nitrogen functional groups attached to an aromatic ring is 1. The smallest absolute Gasteiger partial charge is 0.280 e. The van der Waals surface area contributed by atoms with Gasteiger partial charge in [-0.2, -0.15) is 10.4 Å². The highest BCUT2D eigenvalue weighted by Crippen LogP contribution is 2.13. The Balaban J connectivity index is 2.38. The van der Waals surface area contributed by atoms with E-state index >= 15 is 0 Å². The zero-order valence-corrected chi connectivity index (χ0v) is 9.71. The van der Waals surface area contributed by atoms with Crippen LogP contribution in [-0.2, 0) is 0 Å². The fourth-order valence-electron chi connectivity index (χ4n) is 1.49. The van der Waals surface area contributed by atoms with Crippen LogP contribution in [0.3, 0.4) is 0 Å². The van der Waals surface area contributed by atoms with Crippen LogP contribution >= 0.6 is 0 Å². The SMILES string of the molecule is N#C/C(=C\c1cccc(N)c1)C(=O)c1cc(=O)[nH]o1. The van der Waals surface area contributed by atoms with Gasteiger partial charge in [0.05, 0.1) is 6.07 Å². The van der Waals surface area contributed by atoms with Gasteiger partial charge in [0.2, 0.25) is 11.5 Å². The quantitative estimate of drug-likeness (QED) is 0.372. The van der Waals surface area contributed by atoms with Crippen LogP contribution in [0.2, 0.25) is 0 Å². The van der Waals surface area contributed by atoms with Crippen molar-refractivity contribution >= 4 is 17.5 Å². The molecule has 0 fully saturated rings. The van der Waals surface area contributed by atoms with Crippen molar-refractivity contribution in [2.45, 2.75) is 0 Å². The number of benzene rings is 1. The molecule has 19 heavy (non-hydrogen) atoms. The first kappa shape index (κ1) is 12.4. The van der Waals surface area contributed by atoms with Crippen molar-refractivity contribution in [3.63, 3.8) is 0 Å². The largest absolute Gasteiger partial charge is 0.399 e. The van der Waals surface area contributed by atoms with Gasteiger partial charge >= 0.3 is 0 Å². The van der Waals surface area contributed by atoms with Crippen molar-refractivity contribution in [2.24, 2.45) is 0 Å². The first-order chi connectivity index (χ1) is 9.10. The van der Waals surface area contributed by atoms with Gasteiger partial charge < -0.3 is 10.3 Å². The van der Waals surface area contributed by atoms with E-state index in [9.17, 15) is 9.59 Å². The van der Waals surface area contributed by atoms with E-state index in [1.165, 1.54) is 6.08 Å². The zero-order valence-electron chi connectivity index (χ0n) is 9.71. The van der Waals surface area contributed by atoms with Crippen LogP contribution in [0, 0.1) is 11.3 Å². The number of aromatic amines is 1. The number of nitrogens with zero attached hydrogens (tertiary/aromatic N) is 1. The summed E-state index contributed by atoms with van der Waals surface area (Å²) in [6, 6.07) is 9.49. The third kappa shape index (κ3) is 2.79. The molecule has 0 saturated heterocycles. The second-order valence-corrected chi connectivity index (χ2v) is 3.75. The predicted molar refractivity (Wildman–Crippen MR) is 68.1 cm³/mol. The molecular formula is C13H9N3O3. The highest BCUT2D eigenvalue weighted by molar-refractivity contribution is 6.12. The summed E-state index contributed by atoms with van der Waals surface area (Å²) in [4.78, 5) is 22.8. The first-order valence-electron chi connectivity index (χ1n) is 5.30. The maximum atomic E-state index is 11.9. The van der Waals surface area contributed by atoms with E-state index in [1.54, 1.807) is 30.3 Å². The molecule has 0 unspecified atom stereocenters.